The number of rotatable bonds is 7. The quantitative estimate of drug-likeness (QED) is 0.620. The van der Waals surface area contributed by atoms with Gasteiger partial charge in [0.15, 0.2) is 0 Å². The van der Waals surface area contributed by atoms with E-state index in [1.165, 1.54) is 0 Å². The molecule has 0 aliphatic rings. The largest absolute Gasteiger partial charge is 0.392 e. The maximum Gasteiger partial charge on any atom is 0.138 e. The molecule has 0 aromatic carbocycles. The Morgan fingerprint density at radius 2 is 1.92 bits per heavy atom. The van der Waals surface area contributed by atoms with Gasteiger partial charge in [-0.15, -0.1) is 0 Å². The second-order valence-electron chi connectivity index (χ2n) is 3.67. The van der Waals surface area contributed by atoms with Crippen LogP contribution in [0.5, 0.6) is 0 Å². The van der Waals surface area contributed by atoms with Crippen LogP contribution in [0.2, 0.25) is 0 Å². The molecular formula is C11H22O2. The van der Waals surface area contributed by atoms with E-state index in [-0.39, 0.29) is 11.7 Å². The van der Waals surface area contributed by atoms with Crippen molar-refractivity contribution in [2.45, 2.75) is 59.0 Å². The molecule has 2 atom stereocenters. The first kappa shape index (κ1) is 12.6. The van der Waals surface area contributed by atoms with Crippen LogP contribution in [0, 0.1) is 5.92 Å². The second kappa shape index (κ2) is 7.07. The van der Waals surface area contributed by atoms with Gasteiger partial charge in [-0.05, 0) is 6.42 Å². The molecule has 0 radical (unpaired) electrons. The highest BCUT2D eigenvalue weighted by molar-refractivity contribution is 5.80. The van der Waals surface area contributed by atoms with Gasteiger partial charge in [-0.1, -0.05) is 40.0 Å². The van der Waals surface area contributed by atoms with E-state index < -0.39 is 6.10 Å². The lowest BCUT2D eigenvalue weighted by Gasteiger charge is -2.16. The molecule has 78 valence electrons. The van der Waals surface area contributed by atoms with Crippen LogP contribution in [0.1, 0.15) is 52.9 Å². The first-order valence-electron chi connectivity index (χ1n) is 5.34. The molecule has 0 aromatic rings. The lowest BCUT2D eigenvalue weighted by Crippen LogP contribution is -2.25. The summed E-state index contributed by atoms with van der Waals surface area (Å²) < 4.78 is 0. The highest BCUT2D eigenvalue weighted by Crippen LogP contribution is 2.13. The third kappa shape index (κ3) is 5.04. The predicted octanol–water partition coefficient (Wildman–Crippen LogP) is 2.54. The summed E-state index contributed by atoms with van der Waals surface area (Å²) in [6.45, 7) is 5.80. The van der Waals surface area contributed by atoms with E-state index in [1.807, 2.05) is 13.8 Å². The van der Waals surface area contributed by atoms with Gasteiger partial charge < -0.3 is 5.11 Å². The van der Waals surface area contributed by atoms with Crippen molar-refractivity contribution in [2.24, 2.45) is 5.92 Å². The van der Waals surface area contributed by atoms with Crippen molar-refractivity contribution in [1.29, 1.82) is 0 Å². The van der Waals surface area contributed by atoms with Crippen molar-refractivity contribution in [2.75, 3.05) is 0 Å². The molecule has 0 rings (SSSR count). The predicted molar refractivity (Wildman–Crippen MR) is 54.6 cm³/mol. The standard InChI is InChI=1S/C11H22O2/c1-4-6-7-8-11(13)9(3)10(12)5-2/h9,11,13H,4-8H2,1-3H3/t9-,11-/m0/s1. The first-order chi connectivity index (χ1) is 6.13. The zero-order chi connectivity index (χ0) is 10.3. The van der Waals surface area contributed by atoms with E-state index >= 15 is 0 Å². The summed E-state index contributed by atoms with van der Waals surface area (Å²) in [5.74, 6) is -0.00847. The number of hydrogen-bond donors (Lipinski definition) is 1. The Morgan fingerprint density at radius 1 is 1.31 bits per heavy atom. The summed E-state index contributed by atoms with van der Waals surface area (Å²) in [6, 6.07) is 0. The van der Waals surface area contributed by atoms with Gasteiger partial charge in [-0.25, -0.2) is 0 Å². The lowest BCUT2D eigenvalue weighted by molar-refractivity contribution is -0.125. The maximum atomic E-state index is 11.2. The van der Waals surface area contributed by atoms with Crippen LogP contribution in [0.4, 0.5) is 0 Å². The first-order valence-corrected chi connectivity index (χ1v) is 5.34. The number of carbonyl (C=O) groups excluding carboxylic acids is 1. The van der Waals surface area contributed by atoms with E-state index in [0.717, 1.165) is 25.7 Å². The smallest absolute Gasteiger partial charge is 0.138 e. The molecule has 1 N–H and O–H groups in total. The highest BCUT2D eigenvalue weighted by atomic mass is 16.3. The monoisotopic (exact) mass is 186 g/mol. The van der Waals surface area contributed by atoms with Gasteiger partial charge in [0.2, 0.25) is 0 Å². The van der Waals surface area contributed by atoms with E-state index in [0.29, 0.717) is 6.42 Å². The molecule has 0 bridgehead atoms. The number of aliphatic hydroxyl groups excluding tert-OH is 1. The summed E-state index contributed by atoms with van der Waals surface area (Å²) in [5, 5.41) is 9.63. The highest BCUT2D eigenvalue weighted by Gasteiger charge is 2.19. The Bertz CT molecular complexity index is 143. The zero-order valence-electron chi connectivity index (χ0n) is 9.05. The van der Waals surface area contributed by atoms with Gasteiger partial charge in [0.05, 0.1) is 6.10 Å². The second-order valence-corrected chi connectivity index (χ2v) is 3.67. The Labute approximate surface area is 81.3 Å². The van der Waals surface area contributed by atoms with Gasteiger partial charge >= 0.3 is 0 Å². The Morgan fingerprint density at radius 3 is 2.38 bits per heavy atom. The topological polar surface area (TPSA) is 37.3 Å². The van der Waals surface area contributed by atoms with E-state index in [2.05, 4.69) is 6.92 Å². The summed E-state index contributed by atoms with van der Waals surface area (Å²) in [6.07, 6.45) is 4.19. The van der Waals surface area contributed by atoms with E-state index in [4.69, 9.17) is 0 Å². The molecule has 13 heavy (non-hydrogen) atoms. The molecule has 0 unspecified atom stereocenters. The van der Waals surface area contributed by atoms with Gasteiger partial charge in [-0.3, -0.25) is 4.79 Å². The summed E-state index contributed by atoms with van der Waals surface area (Å²) >= 11 is 0. The van der Waals surface area contributed by atoms with Gasteiger partial charge in [0.25, 0.3) is 0 Å². The van der Waals surface area contributed by atoms with Crippen molar-refractivity contribution in [3.8, 4) is 0 Å². The SMILES string of the molecule is CCCCC[C@H](O)[C@@H](C)C(=O)CC. The molecule has 0 amide bonds. The number of aliphatic hydroxyl groups is 1. The minimum Gasteiger partial charge on any atom is -0.392 e. The number of Topliss-reactive ketones (excluding diaryl/α,β-unsaturated/α-hetero) is 1. The molecule has 0 spiro atoms. The average molecular weight is 186 g/mol. The fraction of sp³-hybridized carbons (Fsp3) is 0.909. The minimum atomic E-state index is -0.431. The minimum absolute atomic E-state index is 0.170. The van der Waals surface area contributed by atoms with Crippen molar-refractivity contribution in [3.63, 3.8) is 0 Å². The fourth-order valence-electron chi connectivity index (χ4n) is 1.39. The third-order valence-electron chi connectivity index (χ3n) is 2.54. The summed E-state index contributed by atoms with van der Waals surface area (Å²) in [7, 11) is 0. The molecule has 0 heterocycles. The van der Waals surface area contributed by atoms with Crippen LogP contribution in [-0.2, 0) is 4.79 Å². The fourth-order valence-corrected chi connectivity index (χ4v) is 1.39. The normalized spacial score (nSPS) is 15.4. The molecule has 0 saturated carbocycles. The van der Waals surface area contributed by atoms with Gasteiger partial charge in [0.1, 0.15) is 5.78 Å². The van der Waals surface area contributed by atoms with Gasteiger partial charge in [-0.2, -0.15) is 0 Å². The number of hydrogen-bond acceptors (Lipinski definition) is 2. The van der Waals surface area contributed by atoms with E-state index in [1.54, 1.807) is 0 Å². The van der Waals surface area contributed by atoms with Crippen molar-refractivity contribution < 1.29 is 9.90 Å². The molecule has 0 aromatic heterocycles. The Balaban J connectivity index is 3.68. The Kier molecular flexibility index (Phi) is 6.87. The van der Waals surface area contributed by atoms with Crippen molar-refractivity contribution >= 4 is 5.78 Å². The molecule has 0 saturated heterocycles. The number of carbonyl (C=O) groups is 1. The molecule has 2 heteroatoms. The summed E-state index contributed by atoms with van der Waals surface area (Å²) in [4.78, 5) is 11.2. The van der Waals surface area contributed by atoms with E-state index in [9.17, 15) is 9.90 Å². The van der Waals surface area contributed by atoms with Crippen molar-refractivity contribution in [1.82, 2.24) is 0 Å². The van der Waals surface area contributed by atoms with Crippen LogP contribution in [0.25, 0.3) is 0 Å². The number of unbranched alkanes of at least 4 members (excludes halogenated alkanes) is 2. The van der Waals surface area contributed by atoms with Crippen LogP contribution in [0.15, 0.2) is 0 Å². The summed E-state index contributed by atoms with van der Waals surface area (Å²) in [5.41, 5.74) is 0. The van der Waals surface area contributed by atoms with Crippen LogP contribution in [0.3, 0.4) is 0 Å². The van der Waals surface area contributed by atoms with Crippen LogP contribution >= 0.6 is 0 Å². The maximum absolute atomic E-state index is 11.2. The average Bonchev–Trinajstić information content (AvgIpc) is 2.15. The zero-order valence-corrected chi connectivity index (χ0v) is 9.05. The van der Waals surface area contributed by atoms with Crippen molar-refractivity contribution in [3.05, 3.63) is 0 Å². The Hall–Kier alpha value is -0.370. The molecule has 0 aliphatic carbocycles. The molecule has 0 aliphatic heterocycles. The van der Waals surface area contributed by atoms with Gasteiger partial charge in [0, 0.05) is 12.3 Å². The third-order valence-corrected chi connectivity index (χ3v) is 2.54. The molecule has 0 fully saturated rings. The number of ketones is 1. The van der Waals surface area contributed by atoms with Crippen LogP contribution in [-0.4, -0.2) is 17.0 Å². The molecular weight excluding hydrogens is 164 g/mol. The van der Waals surface area contributed by atoms with Crippen LogP contribution < -0.4 is 0 Å². The molecule has 2 nitrogen and oxygen atoms in total. The lowest BCUT2D eigenvalue weighted by atomic mass is 9.94.